The Morgan fingerprint density at radius 2 is 2.20 bits per heavy atom. The minimum Gasteiger partial charge on any atom is -0.294 e. The van der Waals surface area contributed by atoms with Crippen LogP contribution in [0.4, 0.5) is 5.69 Å². The number of nitro benzene ring substituents is 1. The van der Waals surface area contributed by atoms with Crippen LogP contribution >= 0.6 is 11.8 Å². The number of non-ortho nitro benzene ring substituents is 1. The van der Waals surface area contributed by atoms with Gasteiger partial charge >= 0.3 is 5.69 Å². The van der Waals surface area contributed by atoms with Gasteiger partial charge in [-0.1, -0.05) is 0 Å². The zero-order valence-electron chi connectivity index (χ0n) is 10.6. The van der Waals surface area contributed by atoms with Crippen molar-refractivity contribution in [2.45, 2.75) is 17.0 Å². The molecular weight excluding hydrogens is 284 g/mol. The van der Waals surface area contributed by atoms with Gasteiger partial charge in [-0.25, -0.2) is 9.89 Å². The minimum atomic E-state index is -0.564. The molecule has 0 unspecified atom stereocenters. The summed E-state index contributed by atoms with van der Waals surface area (Å²) in [4.78, 5) is 33.5. The van der Waals surface area contributed by atoms with Gasteiger partial charge in [0.25, 0.3) is 5.69 Å². The van der Waals surface area contributed by atoms with E-state index in [1.165, 1.54) is 36.7 Å². The van der Waals surface area contributed by atoms with Crippen molar-refractivity contribution in [3.63, 3.8) is 0 Å². The van der Waals surface area contributed by atoms with Crippen LogP contribution in [0.1, 0.15) is 17.3 Å². The normalized spacial score (nSPS) is 10.5. The third kappa shape index (κ3) is 2.62. The highest BCUT2D eigenvalue weighted by molar-refractivity contribution is 7.99. The van der Waals surface area contributed by atoms with Crippen LogP contribution in [0.25, 0.3) is 0 Å². The first-order valence-electron chi connectivity index (χ1n) is 5.48. The molecule has 1 N–H and O–H groups in total. The average molecular weight is 294 g/mol. The third-order valence-corrected chi connectivity index (χ3v) is 3.72. The number of nitro groups is 1. The fraction of sp³-hybridized carbons (Fsp3) is 0.182. The Morgan fingerprint density at radius 3 is 2.70 bits per heavy atom. The molecule has 0 aliphatic rings. The summed E-state index contributed by atoms with van der Waals surface area (Å²) in [6.45, 7) is 1.33. The van der Waals surface area contributed by atoms with Gasteiger partial charge in [0.1, 0.15) is 0 Å². The molecule has 8 nitrogen and oxygen atoms in total. The zero-order chi connectivity index (χ0) is 14.9. The summed E-state index contributed by atoms with van der Waals surface area (Å²) in [5.41, 5.74) is -0.311. The maximum atomic E-state index is 11.6. The number of hydrogen-bond acceptors (Lipinski definition) is 6. The number of Topliss-reactive ketones (excluding diaryl/α,β-unsaturated/α-hetero) is 1. The van der Waals surface area contributed by atoms with E-state index < -0.39 is 4.92 Å². The van der Waals surface area contributed by atoms with Crippen molar-refractivity contribution in [1.82, 2.24) is 14.8 Å². The molecule has 0 aliphatic carbocycles. The minimum absolute atomic E-state index is 0.157. The molecule has 0 saturated carbocycles. The van der Waals surface area contributed by atoms with Crippen LogP contribution in [0.5, 0.6) is 0 Å². The predicted molar refractivity (Wildman–Crippen MR) is 71.1 cm³/mol. The standard InChI is InChI=1S/C11H10N4O4S/c1-6(16)8-5-7(15(18)19)3-4-9(8)20-11-13-12-10(17)14(11)2/h3-5H,1-2H3,(H,12,17). The second-order valence-corrected chi connectivity index (χ2v) is 4.98. The number of benzene rings is 1. The van der Waals surface area contributed by atoms with Crippen molar-refractivity contribution in [3.8, 4) is 0 Å². The fourth-order valence-electron chi connectivity index (χ4n) is 1.52. The molecule has 0 bridgehead atoms. The monoisotopic (exact) mass is 294 g/mol. The number of carbonyl (C=O) groups excluding carboxylic acids is 1. The fourth-order valence-corrected chi connectivity index (χ4v) is 2.47. The van der Waals surface area contributed by atoms with Gasteiger partial charge in [-0.3, -0.25) is 19.5 Å². The van der Waals surface area contributed by atoms with Gasteiger partial charge in [0.2, 0.25) is 0 Å². The molecule has 1 heterocycles. The van der Waals surface area contributed by atoms with Crippen molar-refractivity contribution in [2.75, 3.05) is 0 Å². The number of nitrogens with zero attached hydrogens (tertiary/aromatic N) is 3. The summed E-state index contributed by atoms with van der Waals surface area (Å²) in [6, 6.07) is 3.99. The molecule has 2 aromatic rings. The summed E-state index contributed by atoms with van der Waals surface area (Å²) < 4.78 is 1.29. The Kier molecular flexibility index (Phi) is 3.70. The van der Waals surface area contributed by atoms with Gasteiger partial charge in [-0.05, 0) is 24.8 Å². The van der Waals surface area contributed by atoms with E-state index in [0.29, 0.717) is 10.1 Å². The van der Waals surface area contributed by atoms with Crippen molar-refractivity contribution >= 4 is 23.2 Å². The summed E-state index contributed by atoms with van der Waals surface area (Å²) in [5, 5.41) is 17.2. The van der Waals surface area contributed by atoms with Crippen LogP contribution in [-0.2, 0) is 7.05 Å². The average Bonchev–Trinajstić information content (AvgIpc) is 2.70. The highest BCUT2D eigenvalue weighted by atomic mass is 32.2. The molecule has 20 heavy (non-hydrogen) atoms. The van der Waals surface area contributed by atoms with Crippen LogP contribution < -0.4 is 5.69 Å². The largest absolute Gasteiger partial charge is 0.343 e. The van der Waals surface area contributed by atoms with Crippen molar-refractivity contribution < 1.29 is 9.72 Å². The summed E-state index contributed by atoms with van der Waals surface area (Å²) >= 11 is 1.09. The predicted octanol–water partition coefficient (Wildman–Crippen LogP) is 1.37. The van der Waals surface area contributed by atoms with E-state index in [1.807, 2.05) is 0 Å². The molecule has 9 heteroatoms. The molecule has 0 fully saturated rings. The van der Waals surface area contributed by atoms with E-state index in [2.05, 4.69) is 10.2 Å². The van der Waals surface area contributed by atoms with Gasteiger partial charge in [-0.2, -0.15) is 0 Å². The lowest BCUT2D eigenvalue weighted by Crippen LogP contribution is -2.12. The van der Waals surface area contributed by atoms with E-state index in [9.17, 15) is 19.7 Å². The highest BCUT2D eigenvalue weighted by Crippen LogP contribution is 2.30. The van der Waals surface area contributed by atoms with Crippen LogP contribution in [0.2, 0.25) is 0 Å². The van der Waals surface area contributed by atoms with Gasteiger partial charge < -0.3 is 0 Å². The first-order chi connectivity index (χ1) is 9.40. The number of hydrogen-bond donors (Lipinski definition) is 1. The molecule has 2 rings (SSSR count). The first kappa shape index (κ1) is 14.0. The summed E-state index contributed by atoms with van der Waals surface area (Å²) in [7, 11) is 1.53. The molecular formula is C11H10N4O4S. The number of H-pyrrole nitrogens is 1. The first-order valence-corrected chi connectivity index (χ1v) is 6.30. The number of carbonyl (C=O) groups is 1. The lowest BCUT2D eigenvalue weighted by Gasteiger charge is -2.05. The molecule has 0 radical (unpaired) electrons. The Labute approximate surface area is 117 Å². The quantitative estimate of drug-likeness (QED) is 0.518. The van der Waals surface area contributed by atoms with Gasteiger partial charge in [0.15, 0.2) is 10.9 Å². The maximum absolute atomic E-state index is 11.6. The Morgan fingerprint density at radius 1 is 1.50 bits per heavy atom. The summed E-state index contributed by atoms with van der Waals surface area (Å²) in [5.74, 6) is -0.295. The molecule has 104 valence electrons. The van der Waals surface area contributed by atoms with E-state index in [0.717, 1.165) is 11.8 Å². The number of ketones is 1. The third-order valence-electron chi connectivity index (χ3n) is 2.59. The molecule has 1 aromatic carbocycles. The lowest BCUT2D eigenvalue weighted by atomic mass is 10.1. The number of aromatic nitrogens is 3. The molecule has 0 spiro atoms. The second kappa shape index (κ2) is 5.29. The zero-order valence-corrected chi connectivity index (χ0v) is 11.4. The number of rotatable bonds is 4. The van der Waals surface area contributed by atoms with Crippen molar-refractivity contribution in [1.29, 1.82) is 0 Å². The van der Waals surface area contributed by atoms with E-state index in [-0.39, 0.29) is 22.7 Å². The van der Waals surface area contributed by atoms with Crippen LogP contribution in [0, 0.1) is 10.1 Å². The van der Waals surface area contributed by atoms with Crippen LogP contribution in [-0.4, -0.2) is 25.5 Å². The van der Waals surface area contributed by atoms with Crippen molar-refractivity contribution in [3.05, 3.63) is 44.4 Å². The SMILES string of the molecule is CC(=O)c1cc([N+](=O)[O-])ccc1Sc1n[nH]c(=O)n1C. The molecule has 0 atom stereocenters. The van der Waals surface area contributed by atoms with Crippen LogP contribution in [0.15, 0.2) is 33.0 Å². The van der Waals surface area contributed by atoms with E-state index >= 15 is 0 Å². The van der Waals surface area contributed by atoms with Gasteiger partial charge in [0.05, 0.1) is 4.92 Å². The van der Waals surface area contributed by atoms with E-state index in [1.54, 1.807) is 0 Å². The topological polar surface area (TPSA) is 111 Å². The smallest absolute Gasteiger partial charge is 0.294 e. The Hall–Kier alpha value is -2.42. The molecule has 0 amide bonds. The summed E-state index contributed by atoms with van der Waals surface area (Å²) in [6.07, 6.45) is 0. The Bertz CT molecular complexity index is 749. The molecule has 0 saturated heterocycles. The van der Waals surface area contributed by atoms with Crippen LogP contribution in [0.3, 0.4) is 0 Å². The molecule has 1 aromatic heterocycles. The maximum Gasteiger partial charge on any atom is 0.343 e. The van der Waals surface area contributed by atoms with Gasteiger partial charge in [0, 0.05) is 29.6 Å². The second-order valence-electron chi connectivity index (χ2n) is 3.97. The van der Waals surface area contributed by atoms with E-state index in [4.69, 9.17) is 0 Å². The van der Waals surface area contributed by atoms with Crippen molar-refractivity contribution in [2.24, 2.45) is 7.05 Å². The molecule has 0 aliphatic heterocycles. The lowest BCUT2D eigenvalue weighted by molar-refractivity contribution is -0.384. The highest BCUT2D eigenvalue weighted by Gasteiger charge is 2.16. The number of nitrogens with one attached hydrogen (secondary N) is 1. The van der Waals surface area contributed by atoms with Gasteiger partial charge in [-0.15, -0.1) is 5.10 Å². The Balaban J connectivity index is 2.46. The number of aromatic amines is 1.